The number of nitrogens with zero attached hydrogens (tertiary/aromatic N) is 4. The molecule has 2 heterocycles. The van der Waals surface area contributed by atoms with Gasteiger partial charge in [0.05, 0.1) is 0 Å². The standard InChI is InChI=1S/C21H35N5S.HI/c1-22-21(23-10-14-25-12-6-11-24(2)15-16-25)26-13-9-19(17-26)18-27-20-7-4-3-5-8-20;/h3-5,7-8,19H,6,9-18H2,1-2H3,(H,22,23);1H. The van der Waals surface area contributed by atoms with Crippen LogP contribution in [0.15, 0.2) is 40.2 Å². The minimum atomic E-state index is 0. The minimum Gasteiger partial charge on any atom is -0.355 e. The highest BCUT2D eigenvalue weighted by Crippen LogP contribution is 2.25. The molecular formula is C21H36IN5S. The predicted molar refractivity (Wildman–Crippen MR) is 132 cm³/mol. The smallest absolute Gasteiger partial charge is 0.193 e. The zero-order valence-electron chi connectivity index (χ0n) is 17.3. The molecule has 0 aliphatic carbocycles. The first-order valence-corrected chi connectivity index (χ1v) is 11.3. The van der Waals surface area contributed by atoms with Gasteiger partial charge in [-0.3, -0.25) is 4.99 Å². The van der Waals surface area contributed by atoms with Crippen LogP contribution >= 0.6 is 35.7 Å². The molecule has 2 fully saturated rings. The molecule has 28 heavy (non-hydrogen) atoms. The fourth-order valence-corrected chi connectivity index (χ4v) is 4.92. The lowest BCUT2D eigenvalue weighted by molar-refractivity contribution is 0.279. The Balaban J connectivity index is 0.00000280. The van der Waals surface area contributed by atoms with Crippen LogP contribution in [0.2, 0.25) is 0 Å². The van der Waals surface area contributed by atoms with Gasteiger partial charge in [-0.2, -0.15) is 0 Å². The molecule has 5 nitrogen and oxygen atoms in total. The summed E-state index contributed by atoms with van der Waals surface area (Å²) in [5, 5.41) is 3.60. The highest BCUT2D eigenvalue weighted by molar-refractivity contribution is 14.0. The number of thioether (sulfide) groups is 1. The molecule has 0 saturated carbocycles. The van der Waals surface area contributed by atoms with Crippen molar-refractivity contribution in [3.63, 3.8) is 0 Å². The Bertz CT molecular complexity index is 585. The molecule has 0 amide bonds. The molecule has 0 radical (unpaired) electrons. The number of halogens is 1. The first-order chi connectivity index (χ1) is 13.2. The summed E-state index contributed by atoms with van der Waals surface area (Å²) in [4.78, 5) is 13.4. The van der Waals surface area contributed by atoms with Gasteiger partial charge < -0.3 is 20.0 Å². The number of likely N-dealkylation sites (tertiary alicyclic amines) is 1. The lowest BCUT2D eigenvalue weighted by Crippen LogP contribution is -2.43. The Morgan fingerprint density at radius 3 is 2.75 bits per heavy atom. The van der Waals surface area contributed by atoms with E-state index in [2.05, 4.69) is 62.4 Å². The zero-order valence-corrected chi connectivity index (χ0v) is 20.5. The number of rotatable bonds is 6. The molecule has 0 bridgehead atoms. The Kier molecular flexibility index (Phi) is 11.0. The van der Waals surface area contributed by atoms with Crippen molar-refractivity contribution in [3.05, 3.63) is 30.3 Å². The third-order valence-corrected chi connectivity index (χ3v) is 6.79. The molecule has 0 aromatic heterocycles. The lowest BCUT2D eigenvalue weighted by atomic mass is 10.2. The summed E-state index contributed by atoms with van der Waals surface area (Å²) in [6, 6.07) is 10.7. The quantitative estimate of drug-likeness (QED) is 0.272. The molecule has 7 heteroatoms. The van der Waals surface area contributed by atoms with Crippen LogP contribution in [0.3, 0.4) is 0 Å². The molecular weight excluding hydrogens is 481 g/mol. The molecule has 2 aliphatic rings. The van der Waals surface area contributed by atoms with Gasteiger partial charge in [0.25, 0.3) is 0 Å². The maximum absolute atomic E-state index is 4.53. The average Bonchev–Trinajstić information content (AvgIpc) is 3.07. The van der Waals surface area contributed by atoms with Crippen molar-refractivity contribution in [2.75, 3.05) is 72.2 Å². The van der Waals surface area contributed by atoms with Crippen molar-refractivity contribution in [1.29, 1.82) is 0 Å². The number of guanidine groups is 1. The summed E-state index contributed by atoms with van der Waals surface area (Å²) in [6.07, 6.45) is 2.54. The average molecular weight is 518 g/mol. The van der Waals surface area contributed by atoms with E-state index in [4.69, 9.17) is 0 Å². The van der Waals surface area contributed by atoms with Gasteiger partial charge in [-0.25, -0.2) is 0 Å². The van der Waals surface area contributed by atoms with Gasteiger partial charge in [-0.1, -0.05) is 18.2 Å². The van der Waals surface area contributed by atoms with E-state index >= 15 is 0 Å². The van der Waals surface area contributed by atoms with E-state index in [1.54, 1.807) is 0 Å². The normalized spacial score (nSPS) is 22.0. The van der Waals surface area contributed by atoms with E-state index in [0.717, 1.165) is 38.1 Å². The Hall–Kier alpha value is -0.510. The molecule has 2 aliphatic heterocycles. The first kappa shape index (κ1) is 23.8. The molecule has 1 aromatic carbocycles. The van der Waals surface area contributed by atoms with Crippen molar-refractivity contribution in [3.8, 4) is 0 Å². The number of benzene rings is 1. The summed E-state index contributed by atoms with van der Waals surface area (Å²) in [5.74, 6) is 3.02. The Labute approximate surface area is 192 Å². The van der Waals surface area contributed by atoms with Crippen molar-refractivity contribution in [2.24, 2.45) is 10.9 Å². The van der Waals surface area contributed by atoms with E-state index in [1.165, 1.54) is 49.7 Å². The van der Waals surface area contributed by atoms with Crippen LogP contribution in [-0.4, -0.2) is 92.9 Å². The van der Waals surface area contributed by atoms with Crippen LogP contribution in [0.1, 0.15) is 12.8 Å². The maximum Gasteiger partial charge on any atom is 0.193 e. The second-order valence-electron chi connectivity index (χ2n) is 7.70. The van der Waals surface area contributed by atoms with Crippen LogP contribution in [0.4, 0.5) is 0 Å². The van der Waals surface area contributed by atoms with E-state index in [0.29, 0.717) is 0 Å². The first-order valence-electron chi connectivity index (χ1n) is 10.3. The van der Waals surface area contributed by atoms with Crippen molar-refractivity contribution >= 4 is 41.7 Å². The Morgan fingerprint density at radius 1 is 1.14 bits per heavy atom. The third-order valence-electron chi connectivity index (χ3n) is 5.55. The number of aliphatic imine (C=N–C) groups is 1. The van der Waals surface area contributed by atoms with Crippen LogP contribution in [0, 0.1) is 5.92 Å². The molecule has 158 valence electrons. The van der Waals surface area contributed by atoms with Gasteiger partial charge in [0, 0.05) is 57.0 Å². The van der Waals surface area contributed by atoms with Crippen LogP contribution in [0.5, 0.6) is 0 Å². The SMILES string of the molecule is CN=C(NCCN1CCCN(C)CC1)N1CCC(CSc2ccccc2)C1.I. The second kappa shape index (κ2) is 12.9. The van der Waals surface area contributed by atoms with Gasteiger partial charge >= 0.3 is 0 Å². The van der Waals surface area contributed by atoms with Crippen LogP contribution < -0.4 is 5.32 Å². The van der Waals surface area contributed by atoms with Gasteiger partial charge in [0.15, 0.2) is 5.96 Å². The molecule has 1 N–H and O–H groups in total. The number of hydrogen-bond donors (Lipinski definition) is 1. The summed E-state index contributed by atoms with van der Waals surface area (Å²) < 4.78 is 0. The number of hydrogen-bond acceptors (Lipinski definition) is 4. The summed E-state index contributed by atoms with van der Waals surface area (Å²) in [6.45, 7) is 9.13. The summed E-state index contributed by atoms with van der Waals surface area (Å²) >= 11 is 1.98. The lowest BCUT2D eigenvalue weighted by Gasteiger charge is -2.24. The molecule has 3 rings (SSSR count). The molecule has 2 saturated heterocycles. The Morgan fingerprint density at radius 2 is 1.96 bits per heavy atom. The second-order valence-corrected chi connectivity index (χ2v) is 8.79. The monoisotopic (exact) mass is 517 g/mol. The van der Waals surface area contributed by atoms with Gasteiger partial charge in [-0.05, 0) is 51.0 Å². The highest BCUT2D eigenvalue weighted by atomic mass is 127. The van der Waals surface area contributed by atoms with Crippen molar-refractivity contribution in [2.45, 2.75) is 17.7 Å². The van der Waals surface area contributed by atoms with E-state index in [9.17, 15) is 0 Å². The molecule has 1 unspecified atom stereocenters. The summed E-state index contributed by atoms with van der Waals surface area (Å²) in [5.41, 5.74) is 0. The third kappa shape index (κ3) is 7.72. The maximum atomic E-state index is 4.53. The minimum absolute atomic E-state index is 0. The van der Waals surface area contributed by atoms with Crippen LogP contribution in [-0.2, 0) is 0 Å². The van der Waals surface area contributed by atoms with Crippen molar-refractivity contribution < 1.29 is 0 Å². The fourth-order valence-electron chi connectivity index (χ4n) is 3.87. The van der Waals surface area contributed by atoms with Crippen LogP contribution in [0.25, 0.3) is 0 Å². The fraction of sp³-hybridized carbons (Fsp3) is 0.667. The van der Waals surface area contributed by atoms with Crippen molar-refractivity contribution in [1.82, 2.24) is 20.0 Å². The topological polar surface area (TPSA) is 34.1 Å². The predicted octanol–water partition coefficient (Wildman–Crippen LogP) is 2.93. The van der Waals surface area contributed by atoms with Gasteiger partial charge in [0.1, 0.15) is 0 Å². The van der Waals surface area contributed by atoms with Gasteiger partial charge in [-0.15, -0.1) is 35.7 Å². The highest BCUT2D eigenvalue weighted by Gasteiger charge is 2.25. The number of nitrogens with one attached hydrogen (secondary N) is 1. The molecule has 1 atom stereocenters. The molecule has 0 spiro atoms. The van der Waals surface area contributed by atoms with E-state index < -0.39 is 0 Å². The summed E-state index contributed by atoms with van der Waals surface area (Å²) in [7, 11) is 4.14. The largest absolute Gasteiger partial charge is 0.355 e. The van der Waals surface area contributed by atoms with E-state index in [1.807, 2.05) is 18.8 Å². The van der Waals surface area contributed by atoms with Gasteiger partial charge in [0.2, 0.25) is 0 Å². The van der Waals surface area contributed by atoms with E-state index in [-0.39, 0.29) is 24.0 Å². The zero-order chi connectivity index (χ0) is 18.9. The number of likely N-dealkylation sites (N-methyl/N-ethyl adjacent to an activating group) is 1. The molecule has 1 aromatic rings.